The normalized spacial score (nSPS) is 27.6. The Hall–Kier alpha value is -0.340. The summed E-state index contributed by atoms with van der Waals surface area (Å²) in [5, 5.41) is 3.56. The predicted molar refractivity (Wildman–Crippen MR) is 57.6 cm³/mol. The maximum Gasteiger partial charge on any atom is 0.0140 e. The molecule has 0 bridgehead atoms. The molecule has 2 nitrogen and oxygen atoms in total. The van der Waals surface area contributed by atoms with Gasteiger partial charge in [0.1, 0.15) is 0 Å². The van der Waals surface area contributed by atoms with Gasteiger partial charge in [-0.05, 0) is 39.2 Å². The summed E-state index contributed by atoms with van der Waals surface area (Å²) < 4.78 is 0. The van der Waals surface area contributed by atoms with Gasteiger partial charge in [-0.2, -0.15) is 0 Å². The largest absolute Gasteiger partial charge is 0.330 e. The molecule has 0 radical (unpaired) electrons. The second-order valence-corrected chi connectivity index (χ2v) is 4.22. The van der Waals surface area contributed by atoms with Crippen molar-refractivity contribution in [2.75, 3.05) is 13.1 Å². The van der Waals surface area contributed by atoms with Crippen LogP contribution in [0.5, 0.6) is 0 Å². The zero-order valence-corrected chi connectivity index (χ0v) is 8.84. The number of nitrogens with one attached hydrogen (secondary N) is 1. The second kappa shape index (κ2) is 5.40. The van der Waals surface area contributed by atoms with Crippen LogP contribution in [-0.2, 0) is 0 Å². The minimum absolute atomic E-state index is 0.667. The number of hydrogen-bond donors (Lipinski definition) is 2. The lowest BCUT2D eigenvalue weighted by molar-refractivity contribution is 0.422. The average molecular weight is 182 g/mol. The Morgan fingerprint density at radius 3 is 2.85 bits per heavy atom. The zero-order valence-electron chi connectivity index (χ0n) is 8.84. The summed E-state index contributed by atoms with van der Waals surface area (Å²) in [6.07, 6.45) is 6.20. The molecule has 0 spiro atoms. The smallest absolute Gasteiger partial charge is 0.0140 e. The van der Waals surface area contributed by atoms with Crippen LogP contribution in [-0.4, -0.2) is 19.1 Å². The molecule has 3 N–H and O–H groups in total. The Kier molecular flexibility index (Phi) is 4.46. The number of allylic oxidation sites excluding steroid dienone is 1. The molecule has 13 heavy (non-hydrogen) atoms. The lowest BCUT2D eigenvalue weighted by Crippen LogP contribution is -2.36. The van der Waals surface area contributed by atoms with Crippen LogP contribution in [0, 0.1) is 5.92 Å². The molecule has 2 atom stereocenters. The molecule has 1 aliphatic carbocycles. The summed E-state index contributed by atoms with van der Waals surface area (Å²) in [6.45, 7) is 6.11. The Morgan fingerprint density at radius 2 is 2.23 bits per heavy atom. The van der Waals surface area contributed by atoms with Gasteiger partial charge in [0.2, 0.25) is 0 Å². The fourth-order valence-electron chi connectivity index (χ4n) is 2.00. The summed E-state index contributed by atoms with van der Waals surface area (Å²) in [5.41, 5.74) is 7.08. The van der Waals surface area contributed by atoms with E-state index in [2.05, 4.69) is 25.2 Å². The number of hydrogen-bond acceptors (Lipinski definition) is 2. The third-order valence-electron chi connectivity index (χ3n) is 2.85. The number of rotatable bonds is 4. The molecule has 2 heteroatoms. The molecule has 0 aromatic heterocycles. The van der Waals surface area contributed by atoms with E-state index >= 15 is 0 Å². The van der Waals surface area contributed by atoms with E-state index in [-0.39, 0.29) is 0 Å². The highest BCUT2D eigenvalue weighted by Crippen LogP contribution is 2.24. The van der Waals surface area contributed by atoms with Crippen molar-refractivity contribution in [2.24, 2.45) is 11.7 Å². The molecule has 0 heterocycles. The van der Waals surface area contributed by atoms with E-state index in [9.17, 15) is 0 Å². The van der Waals surface area contributed by atoms with Gasteiger partial charge in [-0.25, -0.2) is 0 Å². The molecule has 1 saturated carbocycles. The van der Waals surface area contributed by atoms with Gasteiger partial charge in [0.05, 0.1) is 0 Å². The summed E-state index contributed by atoms with van der Waals surface area (Å²) in [5.74, 6) is 0.713. The van der Waals surface area contributed by atoms with Crippen molar-refractivity contribution < 1.29 is 0 Å². The van der Waals surface area contributed by atoms with Crippen LogP contribution in [0.1, 0.15) is 33.1 Å². The van der Waals surface area contributed by atoms with Gasteiger partial charge in [0.15, 0.2) is 0 Å². The minimum Gasteiger partial charge on any atom is -0.330 e. The van der Waals surface area contributed by atoms with Crippen molar-refractivity contribution in [1.29, 1.82) is 0 Å². The van der Waals surface area contributed by atoms with Crippen molar-refractivity contribution in [2.45, 2.75) is 39.2 Å². The van der Waals surface area contributed by atoms with Gasteiger partial charge < -0.3 is 11.1 Å². The highest BCUT2D eigenvalue weighted by molar-refractivity contribution is 4.96. The van der Waals surface area contributed by atoms with Crippen LogP contribution in [0.15, 0.2) is 11.6 Å². The first kappa shape index (κ1) is 10.7. The van der Waals surface area contributed by atoms with Crippen LogP contribution in [0.4, 0.5) is 0 Å². The van der Waals surface area contributed by atoms with Gasteiger partial charge in [0.25, 0.3) is 0 Å². The van der Waals surface area contributed by atoms with E-state index in [1.165, 1.54) is 24.8 Å². The van der Waals surface area contributed by atoms with Crippen LogP contribution < -0.4 is 11.1 Å². The topological polar surface area (TPSA) is 38.0 Å². The quantitative estimate of drug-likeness (QED) is 0.649. The van der Waals surface area contributed by atoms with Crippen molar-refractivity contribution >= 4 is 0 Å². The van der Waals surface area contributed by atoms with Gasteiger partial charge in [-0.1, -0.05) is 18.1 Å². The molecule has 0 aromatic carbocycles. The molecule has 1 aliphatic rings. The maximum atomic E-state index is 5.70. The summed E-state index contributed by atoms with van der Waals surface area (Å²) in [6, 6.07) is 0.667. The molecule has 2 unspecified atom stereocenters. The standard InChI is InChI=1S/C11H22N2/c1-9(2)6-7-13-11-5-3-4-10(11)8-12/h6,10-11,13H,3-5,7-8,12H2,1-2H3. The Bertz CT molecular complexity index is 171. The van der Waals surface area contributed by atoms with Crippen LogP contribution in [0.25, 0.3) is 0 Å². The fraction of sp³-hybridized carbons (Fsp3) is 0.818. The first-order chi connectivity index (χ1) is 6.24. The van der Waals surface area contributed by atoms with Gasteiger partial charge in [-0.3, -0.25) is 0 Å². The average Bonchev–Trinajstić information content (AvgIpc) is 2.51. The third kappa shape index (κ3) is 3.49. The first-order valence-corrected chi connectivity index (χ1v) is 5.31. The molecule has 0 saturated heterocycles. The molecular formula is C11H22N2. The lowest BCUT2D eigenvalue weighted by atomic mass is 10.0. The van der Waals surface area contributed by atoms with Crippen molar-refractivity contribution in [3.63, 3.8) is 0 Å². The summed E-state index contributed by atoms with van der Waals surface area (Å²) >= 11 is 0. The Morgan fingerprint density at radius 1 is 1.46 bits per heavy atom. The van der Waals surface area contributed by atoms with Crippen molar-refractivity contribution in [1.82, 2.24) is 5.32 Å². The lowest BCUT2D eigenvalue weighted by Gasteiger charge is -2.18. The predicted octanol–water partition coefficient (Wildman–Crippen LogP) is 1.67. The van der Waals surface area contributed by atoms with E-state index in [0.29, 0.717) is 12.0 Å². The minimum atomic E-state index is 0.667. The second-order valence-electron chi connectivity index (χ2n) is 4.22. The van der Waals surface area contributed by atoms with Crippen LogP contribution in [0.3, 0.4) is 0 Å². The van der Waals surface area contributed by atoms with E-state index in [1.807, 2.05) is 0 Å². The molecule has 0 amide bonds. The molecule has 1 rings (SSSR count). The first-order valence-electron chi connectivity index (χ1n) is 5.31. The zero-order chi connectivity index (χ0) is 9.68. The van der Waals surface area contributed by atoms with E-state index in [4.69, 9.17) is 5.73 Å². The van der Waals surface area contributed by atoms with E-state index < -0.39 is 0 Å². The summed E-state index contributed by atoms with van der Waals surface area (Å²) in [7, 11) is 0. The van der Waals surface area contributed by atoms with Crippen molar-refractivity contribution in [3.8, 4) is 0 Å². The van der Waals surface area contributed by atoms with Crippen molar-refractivity contribution in [3.05, 3.63) is 11.6 Å². The van der Waals surface area contributed by atoms with Crippen LogP contribution in [0.2, 0.25) is 0 Å². The molecule has 76 valence electrons. The van der Waals surface area contributed by atoms with E-state index in [0.717, 1.165) is 13.1 Å². The molecular weight excluding hydrogens is 160 g/mol. The van der Waals surface area contributed by atoms with Gasteiger partial charge >= 0.3 is 0 Å². The highest BCUT2D eigenvalue weighted by Gasteiger charge is 2.24. The fourth-order valence-corrected chi connectivity index (χ4v) is 2.00. The molecule has 0 aromatic rings. The number of nitrogens with two attached hydrogens (primary N) is 1. The third-order valence-corrected chi connectivity index (χ3v) is 2.85. The molecule has 1 fully saturated rings. The Labute approximate surface area is 81.6 Å². The maximum absolute atomic E-state index is 5.70. The SMILES string of the molecule is CC(C)=CCNC1CCCC1CN. The Balaban J connectivity index is 2.24. The molecule has 0 aliphatic heterocycles. The highest BCUT2D eigenvalue weighted by atomic mass is 14.9. The monoisotopic (exact) mass is 182 g/mol. The van der Waals surface area contributed by atoms with E-state index in [1.54, 1.807) is 0 Å². The van der Waals surface area contributed by atoms with Gasteiger partial charge in [0, 0.05) is 12.6 Å². The summed E-state index contributed by atoms with van der Waals surface area (Å²) in [4.78, 5) is 0. The van der Waals surface area contributed by atoms with Crippen LogP contribution >= 0.6 is 0 Å². The van der Waals surface area contributed by atoms with Gasteiger partial charge in [-0.15, -0.1) is 0 Å².